The molecule has 0 aliphatic rings. The van der Waals surface area contributed by atoms with Gasteiger partial charge in [0, 0.05) is 6.07 Å². The lowest BCUT2D eigenvalue weighted by molar-refractivity contribution is 0.580. The van der Waals surface area contributed by atoms with E-state index < -0.39 is 29.1 Å². The lowest BCUT2D eigenvalue weighted by Gasteiger charge is -2.19. The van der Waals surface area contributed by atoms with E-state index in [0.29, 0.717) is 12.5 Å². The van der Waals surface area contributed by atoms with Gasteiger partial charge in [-0.15, -0.1) is 0 Å². The number of fused-ring (bicyclic) bond motifs is 1. The standard InChI is InChI=1S/C17H15F3N4O/c1-2-13(21)16-22-14-5-3-4-12(20)15(14)17(25)24(16)23-11-7-9(18)6-10(19)8-11/h3-8,13,23H,2,21H2,1H3/t13-/m0/s1. The molecular formula is C17H15F3N4O. The van der Waals surface area contributed by atoms with Gasteiger partial charge < -0.3 is 5.73 Å². The Kier molecular flexibility index (Phi) is 4.45. The number of rotatable bonds is 4. The number of nitrogens with two attached hydrogens (primary N) is 1. The molecular weight excluding hydrogens is 333 g/mol. The van der Waals surface area contributed by atoms with Crippen molar-refractivity contribution >= 4 is 16.6 Å². The monoisotopic (exact) mass is 348 g/mol. The molecule has 0 fully saturated rings. The second-order valence-electron chi connectivity index (χ2n) is 5.53. The molecule has 0 unspecified atom stereocenters. The summed E-state index contributed by atoms with van der Waals surface area (Å²) in [5, 5.41) is -0.237. The average molecular weight is 348 g/mol. The number of anilines is 1. The summed E-state index contributed by atoms with van der Waals surface area (Å²) in [7, 11) is 0. The molecule has 2 aromatic carbocycles. The Bertz CT molecular complexity index is 983. The number of nitrogens with one attached hydrogen (secondary N) is 1. The van der Waals surface area contributed by atoms with E-state index >= 15 is 0 Å². The largest absolute Gasteiger partial charge is 0.321 e. The first kappa shape index (κ1) is 17.0. The van der Waals surface area contributed by atoms with E-state index in [0.717, 1.165) is 22.9 Å². The van der Waals surface area contributed by atoms with Crippen LogP contribution in [0.15, 0.2) is 41.2 Å². The van der Waals surface area contributed by atoms with E-state index in [9.17, 15) is 18.0 Å². The van der Waals surface area contributed by atoms with Gasteiger partial charge in [-0.2, -0.15) is 0 Å². The van der Waals surface area contributed by atoms with Crippen molar-refractivity contribution in [1.29, 1.82) is 0 Å². The van der Waals surface area contributed by atoms with Crippen LogP contribution in [0.4, 0.5) is 18.9 Å². The summed E-state index contributed by atoms with van der Waals surface area (Å²) in [6.07, 6.45) is 0.451. The normalized spacial score (nSPS) is 12.4. The van der Waals surface area contributed by atoms with Crippen LogP contribution in [0.2, 0.25) is 0 Å². The van der Waals surface area contributed by atoms with Gasteiger partial charge in [0.05, 0.1) is 17.2 Å². The third kappa shape index (κ3) is 3.20. The maximum Gasteiger partial charge on any atom is 0.283 e. The first-order valence-corrected chi connectivity index (χ1v) is 7.60. The maximum absolute atomic E-state index is 14.1. The molecule has 0 spiro atoms. The van der Waals surface area contributed by atoms with Crippen molar-refractivity contribution in [3.05, 3.63) is 70.0 Å². The van der Waals surface area contributed by atoms with Gasteiger partial charge in [-0.25, -0.2) is 22.8 Å². The molecule has 1 aromatic heterocycles. The van der Waals surface area contributed by atoms with Gasteiger partial charge in [0.1, 0.15) is 28.7 Å². The highest BCUT2D eigenvalue weighted by atomic mass is 19.1. The minimum Gasteiger partial charge on any atom is -0.321 e. The number of nitrogens with zero attached hydrogens (tertiary/aromatic N) is 2. The van der Waals surface area contributed by atoms with E-state index in [1.807, 2.05) is 0 Å². The quantitative estimate of drug-likeness (QED) is 0.760. The van der Waals surface area contributed by atoms with Gasteiger partial charge >= 0.3 is 0 Å². The molecule has 0 aliphatic carbocycles. The van der Waals surface area contributed by atoms with Gasteiger partial charge in [0.15, 0.2) is 0 Å². The van der Waals surface area contributed by atoms with Gasteiger partial charge in [0.2, 0.25) is 0 Å². The number of halogens is 3. The number of aromatic nitrogens is 2. The summed E-state index contributed by atoms with van der Waals surface area (Å²) < 4.78 is 41.8. The van der Waals surface area contributed by atoms with Crippen molar-refractivity contribution < 1.29 is 13.2 Å². The minimum atomic E-state index is -0.822. The number of benzene rings is 2. The van der Waals surface area contributed by atoms with Crippen LogP contribution in [0.5, 0.6) is 0 Å². The summed E-state index contributed by atoms with van der Waals surface area (Å²) in [5.41, 5.74) is 7.96. The summed E-state index contributed by atoms with van der Waals surface area (Å²) in [5.74, 6) is -2.25. The molecule has 130 valence electrons. The Hall–Kier alpha value is -2.87. The topological polar surface area (TPSA) is 72.9 Å². The molecule has 0 saturated carbocycles. The summed E-state index contributed by atoms with van der Waals surface area (Å²) in [4.78, 5) is 17.0. The molecule has 0 amide bonds. The molecule has 8 heteroatoms. The number of hydrogen-bond donors (Lipinski definition) is 2. The molecule has 5 nitrogen and oxygen atoms in total. The van der Waals surface area contributed by atoms with E-state index in [1.165, 1.54) is 12.1 Å². The third-order valence-corrected chi connectivity index (χ3v) is 3.75. The summed E-state index contributed by atoms with van der Waals surface area (Å²) >= 11 is 0. The van der Waals surface area contributed by atoms with Crippen LogP contribution in [0.25, 0.3) is 10.9 Å². The average Bonchev–Trinajstić information content (AvgIpc) is 2.55. The van der Waals surface area contributed by atoms with E-state index in [2.05, 4.69) is 10.4 Å². The highest BCUT2D eigenvalue weighted by Crippen LogP contribution is 2.18. The van der Waals surface area contributed by atoms with Crippen molar-refractivity contribution in [2.24, 2.45) is 5.73 Å². The zero-order valence-corrected chi connectivity index (χ0v) is 13.3. The molecule has 0 saturated heterocycles. The van der Waals surface area contributed by atoms with Crippen molar-refractivity contribution in [3.8, 4) is 0 Å². The Labute approximate surface area is 140 Å². The molecule has 1 atom stereocenters. The fraction of sp³-hybridized carbons (Fsp3) is 0.176. The van der Waals surface area contributed by atoms with Crippen LogP contribution in [-0.2, 0) is 0 Å². The van der Waals surface area contributed by atoms with Gasteiger partial charge in [-0.1, -0.05) is 13.0 Å². The molecule has 0 radical (unpaired) electrons. The van der Waals surface area contributed by atoms with Crippen molar-refractivity contribution in [2.45, 2.75) is 19.4 Å². The van der Waals surface area contributed by atoms with Gasteiger partial charge in [0.25, 0.3) is 5.56 Å². The van der Waals surface area contributed by atoms with Crippen LogP contribution >= 0.6 is 0 Å². The molecule has 3 aromatic rings. The maximum atomic E-state index is 14.1. The van der Waals surface area contributed by atoms with E-state index in [1.54, 1.807) is 6.92 Å². The molecule has 3 rings (SSSR count). The fourth-order valence-corrected chi connectivity index (χ4v) is 2.49. The molecule has 25 heavy (non-hydrogen) atoms. The molecule has 0 aliphatic heterocycles. The Morgan fingerprint density at radius 1 is 1.20 bits per heavy atom. The van der Waals surface area contributed by atoms with Gasteiger partial charge in [-0.3, -0.25) is 10.2 Å². The van der Waals surface area contributed by atoms with Crippen molar-refractivity contribution in [3.63, 3.8) is 0 Å². The van der Waals surface area contributed by atoms with Crippen LogP contribution in [0, 0.1) is 17.5 Å². The predicted octanol–water partition coefficient (Wildman–Crippen LogP) is 3.10. The van der Waals surface area contributed by atoms with Crippen LogP contribution in [0.1, 0.15) is 25.2 Å². The van der Waals surface area contributed by atoms with Crippen molar-refractivity contribution in [1.82, 2.24) is 9.66 Å². The second kappa shape index (κ2) is 6.56. The lowest BCUT2D eigenvalue weighted by Crippen LogP contribution is -2.34. The first-order valence-electron chi connectivity index (χ1n) is 7.60. The smallest absolute Gasteiger partial charge is 0.283 e. The van der Waals surface area contributed by atoms with Crippen LogP contribution in [-0.4, -0.2) is 9.66 Å². The lowest BCUT2D eigenvalue weighted by atomic mass is 10.2. The van der Waals surface area contributed by atoms with Gasteiger partial charge in [-0.05, 0) is 30.7 Å². The van der Waals surface area contributed by atoms with Crippen LogP contribution < -0.4 is 16.7 Å². The highest BCUT2D eigenvalue weighted by Gasteiger charge is 2.18. The summed E-state index contributed by atoms with van der Waals surface area (Å²) in [6, 6.07) is 6.14. The van der Waals surface area contributed by atoms with E-state index in [4.69, 9.17) is 5.73 Å². The van der Waals surface area contributed by atoms with Crippen molar-refractivity contribution in [2.75, 3.05) is 5.43 Å². The SMILES string of the molecule is CC[C@H](N)c1nc2cccc(F)c2c(=O)n1Nc1cc(F)cc(F)c1. The highest BCUT2D eigenvalue weighted by molar-refractivity contribution is 5.78. The fourth-order valence-electron chi connectivity index (χ4n) is 2.49. The second-order valence-corrected chi connectivity index (χ2v) is 5.53. The number of hydrogen-bond acceptors (Lipinski definition) is 4. The van der Waals surface area contributed by atoms with Crippen LogP contribution in [0.3, 0.4) is 0 Å². The Morgan fingerprint density at radius 2 is 1.88 bits per heavy atom. The molecule has 1 heterocycles. The zero-order chi connectivity index (χ0) is 18.1. The minimum absolute atomic E-state index is 0.0263. The molecule has 3 N–H and O–H groups in total. The first-order chi connectivity index (χ1) is 11.9. The Morgan fingerprint density at radius 3 is 2.52 bits per heavy atom. The predicted molar refractivity (Wildman–Crippen MR) is 88.6 cm³/mol. The molecule has 0 bridgehead atoms. The zero-order valence-electron chi connectivity index (χ0n) is 13.3. The van der Waals surface area contributed by atoms with E-state index in [-0.39, 0.29) is 22.4 Å². The third-order valence-electron chi connectivity index (χ3n) is 3.75. The summed E-state index contributed by atoms with van der Waals surface area (Å²) in [6.45, 7) is 1.79. The Balaban J connectivity index is 2.25.